The molecule has 0 spiro atoms. The second-order valence-corrected chi connectivity index (χ2v) is 8.03. The van der Waals surface area contributed by atoms with Gasteiger partial charge in [0.2, 0.25) is 5.95 Å². The number of imidazole rings is 1. The van der Waals surface area contributed by atoms with E-state index in [1.807, 2.05) is 50.5 Å². The van der Waals surface area contributed by atoms with Crippen molar-refractivity contribution in [1.29, 1.82) is 0 Å². The number of fused-ring (bicyclic) bond motifs is 1. The molecule has 0 bridgehead atoms. The number of pyridine rings is 2. The number of morpholine rings is 1. The van der Waals surface area contributed by atoms with Crippen LogP contribution < -0.4 is 5.32 Å². The molecule has 1 aliphatic rings. The summed E-state index contributed by atoms with van der Waals surface area (Å²) in [7, 11) is 0. The third kappa shape index (κ3) is 6.05. The second kappa shape index (κ2) is 12.2. The zero-order valence-electron chi connectivity index (χ0n) is 21.0. The number of aromatic amines is 1. The van der Waals surface area contributed by atoms with Gasteiger partial charge in [0.15, 0.2) is 0 Å². The Morgan fingerprint density at radius 2 is 1.97 bits per heavy atom. The van der Waals surface area contributed by atoms with Crippen LogP contribution in [0.25, 0.3) is 33.4 Å². The maximum atomic E-state index is 11.9. The first-order valence-corrected chi connectivity index (χ1v) is 12.3. The van der Waals surface area contributed by atoms with Crippen LogP contribution in [0.5, 0.6) is 0 Å². The molecule has 36 heavy (non-hydrogen) atoms. The largest absolute Gasteiger partial charge is 0.450 e. The number of carbonyl (C=O) groups excluding carboxylic acids is 1. The number of aromatic nitrogens is 4. The van der Waals surface area contributed by atoms with E-state index in [1.54, 1.807) is 13.1 Å². The summed E-state index contributed by atoms with van der Waals surface area (Å²) in [5, 5.41) is 2.66. The zero-order chi connectivity index (χ0) is 25.3. The minimum Gasteiger partial charge on any atom is -0.450 e. The number of amides is 1. The van der Waals surface area contributed by atoms with Gasteiger partial charge in [-0.25, -0.2) is 9.78 Å². The van der Waals surface area contributed by atoms with E-state index >= 15 is 0 Å². The number of hydrogen-bond acceptors (Lipinski definition) is 7. The lowest BCUT2D eigenvalue weighted by atomic mass is 10.00. The minimum absolute atomic E-state index is 0.280. The summed E-state index contributed by atoms with van der Waals surface area (Å²) in [6, 6.07) is 12.1. The number of anilines is 1. The highest BCUT2D eigenvalue weighted by atomic mass is 16.5. The molecule has 5 rings (SSSR count). The summed E-state index contributed by atoms with van der Waals surface area (Å²) in [6.45, 7) is 10.2. The van der Waals surface area contributed by atoms with E-state index in [0.29, 0.717) is 5.95 Å². The van der Waals surface area contributed by atoms with Crippen molar-refractivity contribution >= 4 is 23.1 Å². The van der Waals surface area contributed by atoms with Crippen LogP contribution in [0.2, 0.25) is 0 Å². The first kappa shape index (κ1) is 25.3. The second-order valence-electron chi connectivity index (χ2n) is 8.03. The molecule has 0 aliphatic carbocycles. The number of H-pyrrole nitrogens is 1. The molecule has 1 fully saturated rings. The molecule has 4 heterocycles. The molecule has 9 heteroatoms. The predicted octanol–water partition coefficient (Wildman–Crippen LogP) is 5.11. The Balaban J connectivity index is 0.00000148. The molecule has 0 atom stereocenters. The lowest BCUT2D eigenvalue weighted by Crippen LogP contribution is -2.35. The highest BCUT2D eigenvalue weighted by Crippen LogP contribution is 2.33. The Hall–Kier alpha value is -3.82. The van der Waals surface area contributed by atoms with Gasteiger partial charge in [0, 0.05) is 49.4 Å². The van der Waals surface area contributed by atoms with Crippen molar-refractivity contribution in [2.75, 3.05) is 38.2 Å². The predicted molar refractivity (Wildman–Crippen MR) is 141 cm³/mol. The smallest absolute Gasteiger partial charge is 0.413 e. The molecule has 1 aliphatic heterocycles. The fourth-order valence-corrected chi connectivity index (χ4v) is 4.07. The molecular formula is C27H32N6O3. The van der Waals surface area contributed by atoms with Crippen LogP contribution in [0, 0.1) is 0 Å². The molecule has 0 saturated carbocycles. The van der Waals surface area contributed by atoms with Crippen molar-refractivity contribution < 1.29 is 14.3 Å². The molecule has 188 valence electrons. The highest BCUT2D eigenvalue weighted by molar-refractivity contribution is 5.97. The summed E-state index contributed by atoms with van der Waals surface area (Å²) in [5.74, 6) is 0.322. The van der Waals surface area contributed by atoms with E-state index in [-0.39, 0.29) is 6.61 Å². The van der Waals surface area contributed by atoms with Gasteiger partial charge in [-0.1, -0.05) is 19.9 Å². The maximum absolute atomic E-state index is 11.9. The van der Waals surface area contributed by atoms with E-state index < -0.39 is 6.09 Å². The monoisotopic (exact) mass is 488 g/mol. The zero-order valence-corrected chi connectivity index (χ0v) is 21.0. The van der Waals surface area contributed by atoms with Crippen molar-refractivity contribution in [3.05, 3.63) is 60.6 Å². The van der Waals surface area contributed by atoms with Crippen LogP contribution in [-0.4, -0.2) is 63.8 Å². The van der Waals surface area contributed by atoms with E-state index in [9.17, 15) is 4.79 Å². The summed E-state index contributed by atoms with van der Waals surface area (Å²) in [5.41, 5.74) is 6.31. The molecule has 1 saturated heterocycles. The van der Waals surface area contributed by atoms with Gasteiger partial charge in [-0.15, -0.1) is 0 Å². The molecular weight excluding hydrogens is 456 g/mol. The molecule has 2 N–H and O–H groups in total. The molecule has 1 amide bonds. The number of carbonyl (C=O) groups is 1. The first-order valence-electron chi connectivity index (χ1n) is 12.3. The SMILES string of the molecule is CC.CCOC(=O)Nc1nc2c(-c3cc(CN4CCOCC4)ccn3)cc(-c3cccnc3)cc2[nH]1. The third-order valence-electron chi connectivity index (χ3n) is 5.69. The molecule has 0 radical (unpaired) electrons. The molecule has 4 aromatic rings. The average Bonchev–Trinajstić information content (AvgIpc) is 3.33. The molecule has 3 aromatic heterocycles. The van der Waals surface area contributed by atoms with Crippen molar-refractivity contribution in [3.63, 3.8) is 0 Å². The summed E-state index contributed by atoms with van der Waals surface area (Å²) in [4.78, 5) is 31.1. The van der Waals surface area contributed by atoms with Crippen molar-refractivity contribution in [3.8, 4) is 22.4 Å². The Morgan fingerprint density at radius 1 is 1.14 bits per heavy atom. The highest BCUT2D eigenvalue weighted by Gasteiger charge is 2.16. The Kier molecular flexibility index (Phi) is 8.59. The number of hydrogen-bond donors (Lipinski definition) is 2. The number of nitrogens with one attached hydrogen (secondary N) is 2. The lowest BCUT2D eigenvalue weighted by molar-refractivity contribution is 0.0342. The third-order valence-corrected chi connectivity index (χ3v) is 5.69. The van der Waals surface area contributed by atoms with Gasteiger partial charge in [-0.3, -0.25) is 20.2 Å². The number of benzene rings is 1. The molecule has 1 aromatic carbocycles. The van der Waals surface area contributed by atoms with Crippen molar-refractivity contribution in [2.45, 2.75) is 27.3 Å². The van der Waals surface area contributed by atoms with E-state index in [1.165, 1.54) is 5.56 Å². The quantitative estimate of drug-likeness (QED) is 0.388. The average molecular weight is 489 g/mol. The normalized spacial score (nSPS) is 13.6. The number of rotatable bonds is 6. The fourth-order valence-electron chi connectivity index (χ4n) is 4.07. The standard InChI is InChI=1S/C25H26N6O3.C2H6/c1-2-34-25(32)30-24-28-22-14-19(18-4-3-6-26-15-18)13-20(23(22)29-24)21-12-17(5-7-27-21)16-31-8-10-33-11-9-31;1-2/h3-7,12-15H,2,8-11,16H2,1H3,(H2,28,29,30,32);1-2H3. The Bertz CT molecular complexity index is 1290. The maximum Gasteiger partial charge on any atom is 0.413 e. The van der Waals surface area contributed by atoms with E-state index in [4.69, 9.17) is 9.47 Å². The van der Waals surface area contributed by atoms with Gasteiger partial charge in [-0.2, -0.15) is 0 Å². The van der Waals surface area contributed by atoms with Gasteiger partial charge in [-0.05, 0) is 48.4 Å². The lowest BCUT2D eigenvalue weighted by Gasteiger charge is -2.26. The summed E-state index contributed by atoms with van der Waals surface area (Å²) < 4.78 is 10.5. The van der Waals surface area contributed by atoms with Gasteiger partial charge in [0.1, 0.15) is 0 Å². The van der Waals surface area contributed by atoms with Gasteiger partial charge < -0.3 is 14.5 Å². The fraction of sp³-hybridized carbons (Fsp3) is 0.333. The van der Waals surface area contributed by atoms with Crippen molar-refractivity contribution in [2.24, 2.45) is 0 Å². The summed E-state index contributed by atoms with van der Waals surface area (Å²) in [6.07, 6.45) is 4.85. The minimum atomic E-state index is -0.554. The molecule has 0 unspecified atom stereocenters. The number of ether oxygens (including phenoxy) is 2. The summed E-state index contributed by atoms with van der Waals surface area (Å²) >= 11 is 0. The van der Waals surface area contributed by atoms with Crippen molar-refractivity contribution in [1.82, 2.24) is 24.8 Å². The first-order chi connectivity index (χ1) is 17.7. The number of nitrogens with zero attached hydrogens (tertiary/aromatic N) is 4. The Labute approximate surface area is 210 Å². The van der Waals surface area contributed by atoms with E-state index in [2.05, 4.69) is 42.3 Å². The van der Waals surface area contributed by atoms with E-state index in [0.717, 1.165) is 66.3 Å². The van der Waals surface area contributed by atoms with Gasteiger partial charge in [0.25, 0.3) is 0 Å². The van der Waals surface area contributed by atoms with Crippen LogP contribution in [-0.2, 0) is 16.0 Å². The van der Waals surface area contributed by atoms with Crippen LogP contribution >= 0.6 is 0 Å². The van der Waals surface area contributed by atoms with Gasteiger partial charge in [0.05, 0.1) is 36.5 Å². The van der Waals surface area contributed by atoms with Gasteiger partial charge >= 0.3 is 6.09 Å². The topological polar surface area (TPSA) is 105 Å². The Morgan fingerprint density at radius 3 is 2.72 bits per heavy atom. The van der Waals surface area contributed by atoms with Crippen LogP contribution in [0.3, 0.4) is 0 Å². The van der Waals surface area contributed by atoms with Crippen LogP contribution in [0.15, 0.2) is 55.0 Å². The van der Waals surface area contributed by atoms with Crippen LogP contribution in [0.4, 0.5) is 10.7 Å². The molecule has 9 nitrogen and oxygen atoms in total. The van der Waals surface area contributed by atoms with Crippen LogP contribution in [0.1, 0.15) is 26.3 Å².